The highest BCUT2D eigenvalue weighted by Crippen LogP contribution is 2.22. The molecule has 2 aromatic rings. The number of amides is 1. The lowest BCUT2D eigenvalue weighted by atomic mass is 10.1. The Bertz CT molecular complexity index is 1020. The third-order valence-corrected chi connectivity index (χ3v) is 7.83. The average Bonchev–Trinajstić information content (AvgIpc) is 2.83. The van der Waals surface area contributed by atoms with Crippen molar-refractivity contribution in [3.05, 3.63) is 53.7 Å². The molecule has 1 saturated heterocycles. The smallest absolute Gasteiger partial charge is 0.257 e. The first-order chi connectivity index (χ1) is 15.9. The Morgan fingerprint density at radius 2 is 1.94 bits per heavy atom. The molecule has 0 atom stereocenters. The van der Waals surface area contributed by atoms with E-state index in [0.717, 1.165) is 25.8 Å². The molecule has 0 radical (unpaired) electrons. The number of hydrogen-bond acceptors (Lipinski definition) is 6. The zero-order chi connectivity index (χ0) is 23.7. The van der Waals surface area contributed by atoms with Crippen LogP contribution in [-0.4, -0.2) is 54.4 Å². The van der Waals surface area contributed by atoms with Crippen molar-refractivity contribution in [2.45, 2.75) is 62.9 Å². The normalized spacial score (nSPS) is 15.4. The van der Waals surface area contributed by atoms with Gasteiger partial charge in [-0.2, -0.15) is 4.31 Å². The first-order valence-electron chi connectivity index (χ1n) is 11.7. The van der Waals surface area contributed by atoms with E-state index in [2.05, 4.69) is 22.5 Å². The maximum absolute atomic E-state index is 13.2. The molecule has 1 aliphatic heterocycles. The predicted octanol–water partition coefficient (Wildman–Crippen LogP) is 3.04. The molecule has 0 saturated carbocycles. The summed E-state index contributed by atoms with van der Waals surface area (Å²) in [6, 6.07) is 10.0. The summed E-state index contributed by atoms with van der Waals surface area (Å²) in [7, 11) is -3.60. The highest BCUT2D eigenvalue weighted by atomic mass is 32.2. The number of aromatic nitrogens is 1. The molecular formula is C24H34N4O4S. The molecule has 1 aromatic carbocycles. The van der Waals surface area contributed by atoms with Gasteiger partial charge in [-0.05, 0) is 55.6 Å². The molecule has 3 rings (SSSR count). The lowest BCUT2D eigenvalue weighted by molar-refractivity contribution is 0.0947. The van der Waals surface area contributed by atoms with Crippen LogP contribution in [0.2, 0.25) is 0 Å². The summed E-state index contributed by atoms with van der Waals surface area (Å²) in [5.74, 6) is -0.816. The topological polar surface area (TPSA) is 112 Å². The number of piperidine rings is 1. The molecule has 1 amide bonds. The summed E-state index contributed by atoms with van der Waals surface area (Å²) in [5, 5.41) is 16.0. The fourth-order valence-corrected chi connectivity index (χ4v) is 5.52. The third kappa shape index (κ3) is 6.99. The van der Waals surface area contributed by atoms with Crippen molar-refractivity contribution < 1.29 is 18.3 Å². The second kappa shape index (κ2) is 12.1. The van der Waals surface area contributed by atoms with Crippen LogP contribution in [0.1, 0.15) is 61.4 Å². The molecule has 9 heteroatoms. The van der Waals surface area contributed by atoms with E-state index in [-0.39, 0.29) is 22.9 Å². The van der Waals surface area contributed by atoms with E-state index >= 15 is 0 Å². The molecule has 33 heavy (non-hydrogen) atoms. The molecule has 1 aliphatic rings. The van der Waals surface area contributed by atoms with Crippen LogP contribution in [-0.2, 0) is 16.6 Å². The maximum atomic E-state index is 13.2. The van der Waals surface area contributed by atoms with Crippen LogP contribution < -0.4 is 10.6 Å². The molecule has 180 valence electrons. The highest BCUT2D eigenvalue weighted by Gasteiger charge is 2.29. The average molecular weight is 475 g/mol. The Morgan fingerprint density at radius 1 is 1.15 bits per heavy atom. The van der Waals surface area contributed by atoms with Crippen LogP contribution in [0.5, 0.6) is 5.88 Å². The van der Waals surface area contributed by atoms with Gasteiger partial charge >= 0.3 is 0 Å². The predicted molar refractivity (Wildman–Crippen MR) is 127 cm³/mol. The summed E-state index contributed by atoms with van der Waals surface area (Å²) >= 11 is 0. The Hall–Kier alpha value is -2.49. The second-order valence-corrected chi connectivity index (χ2v) is 10.3. The minimum Gasteiger partial charge on any atom is -0.493 e. The Morgan fingerprint density at radius 3 is 2.67 bits per heavy atom. The van der Waals surface area contributed by atoms with Crippen LogP contribution >= 0.6 is 0 Å². The Labute approximate surface area is 196 Å². The SMILES string of the molecule is CCCCCCNC1CCN(S(=O)(=O)c2cccc(CNC(=O)c3cccnc3O)c2)CC1. The standard InChI is InChI=1S/C24H34N4O4S/c1-2-3-4-5-13-25-20-11-15-28(16-12-20)33(31,32)21-9-6-8-19(17-21)18-27-24(30)22-10-7-14-26-23(22)29/h6-10,14,17,20,25H,2-5,11-13,15-16,18H2,1H3,(H,26,29)(H,27,30). The summed E-state index contributed by atoms with van der Waals surface area (Å²) < 4.78 is 27.9. The monoisotopic (exact) mass is 474 g/mol. The number of unbranched alkanes of at least 4 members (excludes halogenated alkanes) is 3. The van der Waals surface area contributed by atoms with Crippen molar-refractivity contribution in [3.63, 3.8) is 0 Å². The highest BCUT2D eigenvalue weighted by molar-refractivity contribution is 7.89. The first kappa shape index (κ1) is 25.1. The molecule has 0 unspecified atom stereocenters. The zero-order valence-electron chi connectivity index (χ0n) is 19.2. The summed E-state index contributed by atoms with van der Waals surface area (Å²) in [6.45, 7) is 4.32. The molecule has 0 bridgehead atoms. The number of rotatable bonds is 11. The van der Waals surface area contributed by atoms with Gasteiger partial charge in [0.05, 0.1) is 4.90 Å². The van der Waals surface area contributed by atoms with Crippen LogP contribution in [0.15, 0.2) is 47.5 Å². The van der Waals surface area contributed by atoms with Crippen molar-refractivity contribution in [2.75, 3.05) is 19.6 Å². The molecule has 1 fully saturated rings. The first-order valence-corrected chi connectivity index (χ1v) is 13.1. The van der Waals surface area contributed by atoms with E-state index < -0.39 is 15.9 Å². The Balaban J connectivity index is 1.54. The van der Waals surface area contributed by atoms with E-state index in [4.69, 9.17) is 0 Å². The van der Waals surface area contributed by atoms with E-state index in [1.54, 1.807) is 34.6 Å². The van der Waals surface area contributed by atoms with E-state index in [1.165, 1.54) is 31.5 Å². The number of carbonyl (C=O) groups is 1. The largest absolute Gasteiger partial charge is 0.493 e. The quantitative estimate of drug-likeness (QED) is 0.432. The minimum absolute atomic E-state index is 0.0723. The van der Waals surface area contributed by atoms with Crippen molar-refractivity contribution in [1.29, 1.82) is 0 Å². The number of carbonyl (C=O) groups excluding carboxylic acids is 1. The van der Waals surface area contributed by atoms with Crippen LogP contribution in [0.3, 0.4) is 0 Å². The molecule has 0 aliphatic carbocycles. The molecule has 0 spiro atoms. The van der Waals surface area contributed by atoms with Crippen molar-refractivity contribution in [1.82, 2.24) is 19.9 Å². The van der Waals surface area contributed by atoms with Gasteiger partial charge in [-0.15, -0.1) is 0 Å². The maximum Gasteiger partial charge on any atom is 0.257 e. The summed E-state index contributed by atoms with van der Waals surface area (Å²) in [5.41, 5.74) is 0.736. The van der Waals surface area contributed by atoms with Gasteiger partial charge in [-0.25, -0.2) is 13.4 Å². The molecule has 2 heterocycles. The van der Waals surface area contributed by atoms with Crippen molar-refractivity contribution >= 4 is 15.9 Å². The van der Waals surface area contributed by atoms with Gasteiger partial charge in [0, 0.05) is 31.9 Å². The van der Waals surface area contributed by atoms with Gasteiger partial charge in [0.15, 0.2) is 0 Å². The van der Waals surface area contributed by atoms with Gasteiger partial charge in [0.25, 0.3) is 5.91 Å². The number of nitrogens with zero attached hydrogens (tertiary/aromatic N) is 2. The second-order valence-electron chi connectivity index (χ2n) is 8.40. The number of pyridine rings is 1. The molecule has 1 aromatic heterocycles. The fourth-order valence-electron chi connectivity index (χ4n) is 3.97. The van der Waals surface area contributed by atoms with E-state index in [1.807, 2.05) is 0 Å². The van der Waals surface area contributed by atoms with Gasteiger partial charge in [-0.3, -0.25) is 4.79 Å². The zero-order valence-corrected chi connectivity index (χ0v) is 20.0. The number of sulfonamides is 1. The van der Waals surface area contributed by atoms with Gasteiger partial charge in [-0.1, -0.05) is 38.3 Å². The molecule has 8 nitrogen and oxygen atoms in total. The minimum atomic E-state index is -3.60. The Kier molecular flexibility index (Phi) is 9.22. The number of aromatic hydroxyl groups is 1. The van der Waals surface area contributed by atoms with Gasteiger partial charge in [0.2, 0.25) is 15.9 Å². The third-order valence-electron chi connectivity index (χ3n) is 5.94. The van der Waals surface area contributed by atoms with Crippen molar-refractivity contribution in [2.24, 2.45) is 0 Å². The van der Waals surface area contributed by atoms with Crippen LogP contribution in [0.25, 0.3) is 0 Å². The van der Waals surface area contributed by atoms with Gasteiger partial charge < -0.3 is 15.7 Å². The summed E-state index contributed by atoms with van der Waals surface area (Å²) in [6.07, 6.45) is 7.87. The molecular weight excluding hydrogens is 440 g/mol. The number of benzene rings is 1. The number of nitrogens with one attached hydrogen (secondary N) is 2. The fraction of sp³-hybridized carbons (Fsp3) is 0.500. The summed E-state index contributed by atoms with van der Waals surface area (Å²) in [4.78, 5) is 16.2. The van der Waals surface area contributed by atoms with Gasteiger partial charge in [0.1, 0.15) is 5.56 Å². The van der Waals surface area contributed by atoms with Crippen molar-refractivity contribution in [3.8, 4) is 5.88 Å². The lowest BCUT2D eigenvalue weighted by Gasteiger charge is -2.31. The van der Waals surface area contributed by atoms with E-state index in [9.17, 15) is 18.3 Å². The van der Waals surface area contributed by atoms with Crippen LogP contribution in [0.4, 0.5) is 0 Å². The lowest BCUT2D eigenvalue weighted by Crippen LogP contribution is -2.45. The van der Waals surface area contributed by atoms with E-state index in [0.29, 0.717) is 24.7 Å². The molecule has 3 N–H and O–H groups in total. The number of hydrogen-bond donors (Lipinski definition) is 3. The van der Waals surface area contributed by atoms with Crippen LogP contribution in [0, 0.1) is 0 Å².